The van der Waals surface area contributed by atoms with Gasteiger partial charge in [-0.1, -0.05) is 33.0 Å². The molecule has 0 unspecified atom stereocenters. The van der Waals surface area contributed by atoms with Gasteiger partial charge in [-0.3, -0.25) is 4.90 Å². The number of likely N-dealkylation sites (tertiary alicyclic amines) is 1. The maximum atomic E-state index is 5.33. The van der Waals surface area contributed by atoms with Crippen LogP contribution < -0.4 is 0 Å². The van der Waals surface area contributed by atoms with Gasteiger partial charge in [0.15, 0.2) is 0 Å². The lowest BCUT2D eigenvalue weighted by Gasteiger charge is -2.56. The second-order valence-corrected chi connectivity index (χ2v) is 5.59. The number of likely N-dealkylation sites (N-methyl/N-ethyl adjacent to an activating group) is 2. The topological polar surface area (TPSA) is 6.48 Å². The number of hydrogen-bond donors (Lipinski definition) is 0. The largest absolute Gasteiger partial charge is 0.362 e. The Labute approximate surface area is 86.9 Å². The van der Waals surface area contributed by atoms with Crippen molar-refractivity contribution >= 4 is 17.2 Å². The van der Waals surface area contributed by atoms with E-state index in [1.165, 1.54) is 0 Å². The maximum Gasteiger partial charge on any atom is 0.0976 e. The molecule has 1 heterocycles. The summed E-state index contributed by atoms with van der Waals surface area (Å²) in [5.41, 5.74) is 0.298. The van der Waals surface area contributed by atoms with E-state index in [0.29, 0.717) is 17.5 Å². The van der Waals surface area contributed by atoms with E-state index in [9.17, 15) is 0 Å². The van der Waals surface area contributed by atoms with Crippen molar-refractivity contribution in [3.63, 3.8) is 0 Å². The molecule has 76 valence electrons. The fourth-order valence-electron chi connectivity index (χ4n) is 2.17. The lowest BCUT2D eigenvalue weighted by Crippen LogP contribution is -2.71. The van der Waals surface area contributed by atoms with E-state index >= 15 is 0 Å². The molecule has 0 aromatic carbocycles. The summed E-state index contributed by atoms with van der Waals surface area (Å²) in [6, 6.07) is 0.995. The molecule has 13 heavy (non-hydrogen) atoms. The van der Waals surface area contributed by atoms with Crippen LogP contribution in [0.1, 0.15) is 20.8 Å². The Hall–Kier alpha value is -0.150. The van der Waals surface area contributed by atoms with Gasteiger partial charge in [-0.25, -0.2) is 0 Å². The summed E-state index contributed by atoms with van der Waals surface area (Å²) < 4.78 is 0. The molecule has 1 fully saturated rings. The van der Waals surface area contributed by atoms with Gasteiger partial charge in [-0.05, 0) is 19.5 Å². The molecule has 0 aromatic heterocycles. The summed E-state index contributed by atoms with van der Waals surface area (Å²) in [5.74, 6) is 0. The van der Waals surface area contributed by atoms with Gasteiger partial charge in [0, 0.05) is 7.05 Å². The molecule has 2 atom stereocenters. The van der Waals surface area contributed by atoms with Gasteiger partial charge in [0.25, 0.3) is 0 Å². The Morgan fingerprint density at radius 2 is 1.77 bits per heavy atom. The van der Waals surface area contributed by atoms with Crippen LogP contribution in [-0.2, 0) is 0 Å². The first-order valence-electron chi connectivity index (χ1n) is 4.70. The van der Waals surface area contributed by atoms with Gasteiger partial charge in [0.05, 0.1) is 17.1 Å². The highest BCUT2D eigenvalue weighted by molar-refractivity contribution is 7.80. The first kappa shape index (κ1) is 10.9. The summed E-state index contributed by atoms with van der Waals surface area (Å²) in [7, 11) is 6.30. The predicted octanol–water partition coefficient (Wildman–Crippen LogP) is 1.60. The number of rotatable bonds is 1. The van der Waals surface area contributed by atoms with Gasteiger partial charge in [-0.15, -0.1) is 0 Å². The molecule has 0 saturated carbocycles. The van der Waals surface area contributed by atoms with Gasteiger partial charge in [-0.2, -0.15) is 0 Å². The highest BCUT2D eigenvalue weighted by Crippen LogP contribution is 2.36. The Kier molecular flexibility index (Phi) is 2.70. The van der Waals surface area contributed by atoms with Crippen molar-refractivity contribution < 1.29 is 0 Å². The van der Waals surface area contributed by atoms with Crippen molar-refractivity contribution in [3.8, 4) is 0 Å². The average molecular weight is 200 g/mol. The highest BCUT2D eigenvalue weighted by Gasteiger charge is 2.48. The van der Waals surface area contributed by atoms with Crippen LogP contribution >= 0.6 is 12.2 Å². The molecule has 0 aliphatic carbocycles. The molecule has 1 saturated heterocycles. The monoisotopic (exact) mass is 200 g/mol. The van der Waals surface area contributed by atoms with Gasteiger partial charge in [0.1, 0.15) is 0 Å². The molecule has 0 spiro atoms. The van der Waals surface area contributed by atoms with Gasteiger partial charge < -0.3 is 4.90 Å². The van der Waals surface area contributed by atoms with Crippen LogP contribution in [0, 0.1) is 5.41 Å². The van der Waals surface area contributed by atoms with Crippen molar-refractivity contribution in [1.82, 2.24) is 9.80 Å². The van der Waals surface area contributed by atoms with Crippen LogP contribution in [0.4, 0.5) is 0 Å². The van der Waals surface area contributed by atoms with E-state index in [4.69, 9.17) is 12.2 Å². The molecule has 0 N–H and O–H groups in total. The van der Waals surface area contributed by atoms with E-state index < -0.39 is 0 Å². The third kappa shape index (κ3) is 1.72. The van der Waals surface area contributed by atoms with E-state index in [1.807, 2.05) is 0 Å². The predicted molar refractivity (Wildman–Crippen MR) is 61.1 cm³/mol. The van der Waals surface area contributed by atoms with Gasteiger partial charge in [0.2, 0.25) is 0 Å². The van der Waals surface area contributed by atoms with Crippen molar-refractivity contribution in [3.05, 3.63) is 0 Å². The third-order valence-corrected chi connectivity index (χ3v) is 3.29. The highest BCUT2D eigenvalue weighted by atomic mass is 32.1. The Balaban J connectivity index is 2.81. The maximum absolute atomic E-state index is 5.33. The van der Waals surface area contributed by atoms with Crippen LogP contribution in [0.3, 0.4) is 0 Å². The van der Waals surface area contributed by atoms with Crippen LogP contribution in [0.2, 0.25) is 0 Å². The van der Waals surface area contributed by atoms with Crippen molar-refractivity contribution in [2.75, 3.05) is 21.1 Å². The summed E-state index contributed by atoms with van der Waals surface area (Å²) >= 11 is 5.33. The molecular weight excluding hydrogens is 180 g/mol. The Bertz CT molecular complexity index is 217. The van der Waals surface area contributed by atoms with Crippen LogP contribution in [0.25, 0.3) is 0 Å². The molecule has 1 aliphatic rings. The normalized spacial score (nSPS) is 29.5. The average Bonchev–Trinajstić information content (AvgIpc) is 1.94. The third-order valence-electron chi connectivity index (χ3n) is 2.76. The standard InChI is InChI=1S/C10H20N2S/c1-10(2,3)8-7(11(4)5)9(13)12(8)6/h7-8H,1-6H3/t7-,8+/m1/s1. The SMILES string of the molecule is CN(C)[C@H]1C(=S)N(C)[C@@H]1C(C)(C)C. The summed E-state index contributed by atoms with van der Waals surface area (Å²) in [4.78, 5) is 5.52. The Morgan fingerprint density at radius 1 is 1.31 bits per heavy atom. The molecule has 0 amide bonds. The van der Waals surface area contributed by atoms with Crippen molar-refractivity contribution in [2.45, 2.75) is 32.9 Å². The summed E-state index contributed by atoms with van der Waals surface area (Å²) in [5, 5.41) is 0. The summed E-state index contributed by atoms with van der Waals surface area (Å²) in [6.45, 7) is 6.81. The summed E-state index contributed by atoms with van der Waals surface area (Å²) in [6.07, 6.45) is 0. The van der Waals surface area contributed by atoms with E-state index in [1.54, 1.807) is 0 Å². The lowest BCUT2D eigenvalue weighted by atomic mass is 9.76. The number of hydrogen-bond acceptors (Lipinski definition) is 2. The zero-order valence-corrected chi connectivity index (χ0v) is 10.3. The fourth-order valence-corrected chi connectivity index (χ4v) is 2.62. The molecule has 0 radical (unpaired) electrons. The zero-order valence-electron chi connectivity index (χ0n) is 9.46. The lowest BCUT2D eigenvalue weighted by molar-refractivity contribution is 0.0681. The van der Waals surface area contributed by atoms with E-state index in [0.717, 1.165) is 4.99 Å². The van der Waals surface area contributed by atoms with Crippen molar-refractivity contribution in [2.24, 2.45) is 5.41 Å². The number of nitrogens with zero attached hydrogens (tertiary/aromatic N) is 2. The quantitative estimate of drug-likeness (QED) is 0.594. The molecule has 1 rings (SSSR count). The number of thiocarbonyl (C=S) groups is 1. The second-order valence-electron chi connectivity index (χ2n) is 5.17. The van der Waals surface area contributed by atoms with E-state index in [2.05, 4.69) is 51.7 Å². The molecule has 0 aromatic rings. The molecular formula is C10H20N2S. The smallest absolute Gasteiger partial charge is 0.0976 e. The first-order chi connectivity index (χ1) is 5.76. The first-order valence-corrected chi connectivity index (χ1v) is 5.10. The molecule has 0 bridgehead atoms. The van der Waals surface area contributed by atoms with Crippen molar-refractivity contribution in [1.29, 1.82) is 0 Å². The molecule has 2 nitrogen and oxygen atoms in total. The van der Waals surface area contributed by atoms with Crippen LogP contribution in [0.5, 0.6) is 0 Å². The minimum atomic E-state index is 0.298. The van der Waals surface area contributed by atoms with Crippen LogP contribution in [-0.4, -0.2) is 48.0 Å². The molecule has 3 heteroatoms. The zero-order chi connectivity index (χ0) is 10.4. The fraction of sp³-hybridized carbons (Fsp3) is 0.900. The minimum Gasteiger partial charge on any atom is -0.362 e. The molecule has 1 aliphatic heterocycles. The van der Waals surface area contributed by atoms with Crippen LogP contribution in [0.15, 0.2) is 0 Å². The second kappa shape index (κ2) is 3.21. The van der Waals surface area contributed by atoms with E-state index in [-0.39, 0.29) is 0 Å². The van der Waals surface area contributed by atoms with Gasteiger partial charge >= 0.3 is 0 Å². The minimum absolute atomic E-state index is 0.298. The Morgan fingerprint density at radius 3 is 2.00 bits per heavy atom.